The molecule has 0 saturated carbocycles. The van der Waals surface area contributed by atoms with Gasteiger partial charge in [0.05, 0.1) is 27.9 Å². The quantitative estimate of drug-likeness (QED) is 0.158. The highest BCUT2D eigenvalue weighted by Crippen LogP contribution is 2.47. The van der Waals surface area contributed by atoms with Crippen LogP contribution < -0.4 is 0 Å². The molecule has 0 N–H and O–H groups in total. The molecule has 12 aromatic rings. The number of hydrogen-bond acceptors (Lipinski definition) is 0. The smallest absolute Gasteiger partial charge is 0.0541 e. The fourth-order valence-electron chi connectivity index (χ4n) is 13.7. The van der Waals surface area contributed by atoms with E-state index in [4.69, 9.17) is 0 Å². The van der Waals surface area contributed by atoms with Crippen molar-refractivity contribution in [1.29, 1.82) is 0 Å². The molecule has 3 nitrogen and oxygen atoms in total. The summed E-state index contributed by atoms with van der Waals surface area (Å²) in [4.78, 5) is 0. The summed E-state index contributed by atoms with van der Waals surface area (Å²) >= 11 is 0. The average Bonchev–Trinajstić information content (AvgIpc) is 4.45. The molecule has 0 bridgehead atoms. The molecule has 79 heavy (non-hydrogen) atoms. The third-order valence-corrected chi connectivity index (χ3v) is 17.3. The Morgan fingerprint density at radius 1 is 0.418 bits per heavy atom. The summed E-state index contributed by atoms with van der Waals surface area (Å²) in [6.07, 6.45) is 23.2. The van der Waals surface area contributed by atoms with E-state index in [-0.39, 0.29) is 0 Å². The topological polar surface area (TPSA) is 14.8 Å². The number of fused-ring (bicyclic) bond motifs is 13. The molecule has 0 fully saturated rings. The average molecular weight is 1010 g/mol. The number of hydrogen-bond donors (Lipinski definition) is 0. The number of nitrogens with zero attached hydrogens (tertiary/aromatic N) is 3. The van der Waals surface area contributed by atoms with Crippen LogP contribution in [0.2, 0.25) is 0 Å². The van der Waals surface area contributed by atoms with Crippen molar-refractivity contribution in [2.75, 3.05) is 0 Å². The first-order valence-electron chi connectivity index (χ1n) is 28.2. The van der Waals surface area contributed by atoms with E-state index in [2.05, 4.69) is 277 Å². The van der Waals surface area contributed by atoms with Gasteiger partial charge in [0, 0.05) is 56.5 Å². The van der Waals surface area contributed by atoms with Crippen LogP contribution in [0.15, 0.2) is 218 Å². The highest BCUT2D eigenvalue weighted by Gasteiger charge is 2.27. The van der Waals surface area contributed by atoms with Crippen LogP contribution in [0, 0.1) is 13.8 Å². The second kappa shape index (κ2) is 18.9. The van der Waals surface area contributed by atoms with Crippen LogP contribution in [0.3, 0.4) is 0 Å². The number of para-hydroxylation sites is 4. The van der Waals surface area contributed by atoms with Gasteiger partial charge in [-0.3, -0.25) is 0 Å². The van der Waals surface area contributed by atoms with Gasteiger partial charge in [0.2, 0.25) is 0 Å². The van der Waals surface area contributed by atoms with E-state index in [1.54, 1.807) is 0 Å². The Labute approximate surface area is 462 Å². The molecule has 0 atom stereocenters. The van der Waals surface area contributed by atoms with Crippen molar-refractivity contribution >= 4 is 57.0 Å². The van der Waals surface area contributed by atoms with Gasteiger partial charge in [0.25, 0.3) is 0 Å². The van der Waals surface area contributed by atoms with Crippen LogP contribution in [0.25, 0.3) is 119 Å². The van der Waals surface area contributed by atoms with Crippen molar-refractivity contribution in [3.63, 3.8) is 0 Å². The van der Waals surface area contributed by atoms with Gasteiger partial charge in [0.1, 0.15) is 0 Å². The molecule has 3 heterocycles. The first kappa shape index (κ1) is 46.8. The first-order chi connectivity index (χ1) is 39.0. The molecule has 0 spiro atoms. The highest BCUT2D eigenvalue weighted by molar-refractivity contribution is 5.98. The zero-order valence-electron chi connectivity index (χ0n) is 45.0. The van der Waals surface area contributed by atoms with Crippen molar-refractivity contribution in [2.45, 2.75) is 52.9 Å². The largest absolute Gasteiger partial charge is 0.313 e. The van der Waals surface area contributed by atoms with Crippen LogP contribution >= 0.6 is 0 Å². The number of rotatable bonds is 6. The third kappa shape index (κ3) is 7.55. The molecule has 0 radical (unpaired) electrons. The zero-order valence-corrected chi connectivity index (χ0v) is 45.0. The Morgan fingerprint density at radius 2 is 1.03 bits per heavy atom. The van der Waals surface area contributed by atoms with Crippen LogP contribution in [-0.4, -0.2) is 13.7 Å². The Bertz CT molecular complexity index is 4610. The molecule has 4 aliphatic rings. The van der Waals surface area contributed by atoms with Gasteiger partial charge in [-0.25, -0.2) is 0 Å². The molecule has 0 amide bonds. The summed E-state index contributed by atoms with van der Waals surface area (Å²) < 4.78 is 7.33. The predicted molar refractivity (Wildman–Crippen MR) is 335 cm³/mol. The molecule has 3 heteroatoms. The van der Waals surface area contributed by atoms with E-state index >= 15 is 0 Å². The molecule has 3 aromatic heterocycles. The van der Waals surface area contributed by atoms with Gasteiger partial charge in [-0.2, -0.15) is 0 Å². The number of aryl methyl sites for hydroxylation is 2. The maximum atomic E-state index is 2.50. The van der Waals surface area contributed by atoms with E-state index < -0.39 is 0 Å². The summed E-state index contributed by atoms with van der Waals surface area (Å²) in [5.74, 6) is 0. The Balaban J connectivity index is 0.000000228. The number of benzene rings is 9. The molecule has 378 valence electrons. The Morgan fingerprint density at radius 3 is 1.80 bits per heavy atom. The Hall–Kier alpha value is -9.44. The second-order valence-corrected chi connectivity index (χ2v) is 21.8. The minimum Gasteiger partial charge on any atom is -0.313 e. The van der Waals surface area contributed by atoms with E-state index in [0.717, 1.165) is 32.1 Å². The molecule has 0 saturated heterocycles. The molecule has 0 unspecified atom stereocenters. The minimum atomic E-state index is 0.934. The fourth-order valence-corrected chi connectivity index (χ4v) is 13.7. The monoisotopic (exact) mass is 1010 g/mol. The van der Waals surface area contributed by atoms with Gasteiger partial charge < -0.3 is 13.7 Å². The summed E-state index contributed by atoms with van der Waals surface area (Å²) in [6, 6.07) is 72.2. The van der Waals surface area contributed by atoms with E-state index in [0.29, 0.717) is 0 Å². The lowest BCUT2D eigenvalue weighted by atomic mass is 9.94. The van der Waals surface area contributed by atoms with Crippen LogP contribution in [-0.2, 0) is 19.3 Å². The number of allylic oxidation sites excluding steroid dienone is 4. The molecule has 16 rings (SSSR count). The SMILES string of the molecule is C/C=C\c1c(C)n(-c2ccccc2C)c2ccccc12.C1=Cc2c(n(-c3cccc4c3Cc3ccc(-c5ccc6c(c5)-c5cccc(-c7cccc(-n8c9c(c%10ccccc%108)CCC=C9)c7)c5C6)cc3-4)c3ccccc23)C=CC1. The minimum absolute atomic E-state index is 0.934. The summed E-state index contributed by atoms with van der Waals surface area (Å²) in [5.41, 5.74) is 33.0. The zero-order chi connectivity index (χ0) is 52.7. The van der Waals surface area contributed by atoms with Crippen molar-refractivity contribution < 1.29 is 0 Å². The molecular formula is C76H59N3. The lowest BCUT2D eigenvalue weighted by molar-refractivity contribution is 0.968. The molecule has 0 aliphatic heterocycles. The molecule has 4 aliphatic carbocycles. The van der Waals surface area contributed by atoms with Gasteiger partial charge in [0.15, 0.2) is 0 Å². The lowest BCUT2D eigenvalue weighted by Gasteiger charge is -2.15. The maximum absolute atomic E-state index is 2.50. The normalized spacial score (nSPS) is 13.6. The van der Waals surface area contributed by atoms with Crippen molar-refractivity contribution in [2.24, 2.45) is 0 Å². The van der Waals surface area contributed by atoms with Gasteiger partial charge in [-0.1, -0.05) is 176 Å². The fraction of sp³-hybridized carbons (Fsp3) is 0.105. The van der Waals surface area contributed by atoms with Crippen molar-refractivity contribution in [3.05, 3.63) is 280 Å². The van der Waals surface area contributed by atoms with E-state index in [1.807, 2.05) is 0 Å². The molecular weight excluding hydrogens is 955 g/mol. The highest BCUT2D eigenvalue weighted by atomic mass is 15.0. The second-order valence-electron chi connectivity index (χ2n) is 21.8. The standard InChI is InChI=1S/C57H40N2.C19H19N/c1-2-15-47-48-18-6-9-25-56(48)59(55(47)22-3-1)57-26-12-21-44-50-33-37(28-30-40(50)35-52(44)57)36-27-29-39-34-51-42(19-11-20-43(51)49(39)32-36)38-13-10-14-41(31-38)58-53-23-7-4-16-45(53)46-17-5-8-24-54(46)58;1-4-9-16-15(3)20(18-12-7-5-10-14(18)2)19-13-8-6-11-17(16)19/h2-4,6-16,18-33H,1,5,17,34-35H2;4-13H,1-3H3/b;9-4-. The van der Waals surface area contributed by atoms with Gasteiger partial charge in [-0.15, -0.1) is 0 Å². The Kier molecular flexibility index (Phi) is 11.2. The van der Waals surface area contributed by atoms with E-state index in [1.165, 1.54) is 156 Å². The van der Waals surface area contributed by atoms with Crippen LogP contribution in [0.4, 0.5) is 0 Å². The van der Waals surface area contributed by atoms with Crippen LogP contribution in [0.5, 0.6) is 0 Å². The van der Waals surface area contributed by atoms with E-state index in [9.17, 15) is 0 Å². The van der Waals surface area contributed by atoms with Crippen LogP contribution in [0.1, 0.15) is 81.4 Å². The maximum Gasteiger partial charge on any atom is 0.0541 e. The van der Waals surface area contributed by atoms with Gasteiger partial charge in [-0.05, 0) is 191 Å². The summed E-state index contributed by atoms with van der Waals surface area (Å²) in [6.45, 7) is 6.43. The summed E-state index contributed by atoms with van der Waals surface area (Å²) in [7, 11) is 0. The predicted octanol–water partition coefficient (Wildman–Crippen LogP) is 19.7. The van der Waals surface area contributed by atoms with Gasteiger partial charge >= 0.3 is 0 Å². The lowest BCUT2D eigenvalue weighted by Crippen LogP contribution is -2.01. The first-order valence-corrected chi connectivity index (χ1v) is 28.2. The number of aromatic nitrogens is 3. The molecule has 9 aromatic carbocycles. The third-order valence-electron chi connectivity index (χ3n) is 17.3. The van der Waals surface area contributed by atoms with Crippen molar-refractivity contribution in [1.82, 2.24) is 13.7 Å². The van der Waals surface area contributed by atoms with Crippen molar-refractivity contribution in [3.8, 4) is 61.6 Å². The summed E-state index contributed by atoms with van der Waals surface area (Å²) in [5, 5.41) is 3.99.